The zero-order valence-corrected chi connectivity index (χ0v) is 12.1. The number of carbonyl (C=O) groups is 1. The van der Waals surface area contributed by atoms with Gasteiger partial charge >= 0.3 is 0 Å². The fourth-order valence-electron chi connectivity index (χ4n) is 2.39. The molecule has 0 bridgehead atoms. The van der Waals surface area contributed by atoms with E-state index in [1.165, 1.54) is 12.8 Å². The number of rotatable bonds is 6. The molecule has 0 atom stereocenters. The first kappa shape index (κ1) is 13.8. The number of aromatic nitrogens is 3. The molecule has 1 amide bonds. The van der Waals surface area contributed by atoms with Gasteiger partial charge in [0.25, 0.3) is 0 Å². The Labute approximate surface area is 123 Å². The molecule has 1 saturated carbocycles. The van der Waals surface area contributed by atoms with Crippen molar-refractivity contribution in [2.24, 2.45) is 0 Å². The molecule has 1 aliphatic carbocycles. The number of nitrogens with zero attached hydrogens (tertiary/aromatic N) is 4. The Morgan fingerprint density at radius 1 is 1.38 bits per heavy atom. The Hall–Kier alpha value is -2.21. The van der Waals surface area contributed by atoms with Crippen LogP contribution < -0.4 is 5.32 Å². The lowest BCUT2D eigenvalue weighted by Gasteiger charge is -2.18. The molecular weight excluding hydrogens is 266 g/mol. The maximum absolute atomic E-state index is 12.2. The highest BCUT2D eigenvalue weighted by Crippen LogP contribution is 2.26. The van der Waals surface area contributed by atoms with E-state index < -0.39 is 0 Å². The van der Waals surface area contributed by atoms with E-state index in [1.807, 2.05) is 30.3 Å². The van der Waals surface area contributed by atoms with Crippen molar-refractivity contribution in [2.75, 3.05) is 18.4 Å². The summed E-state index contributed by atoms with van der Waals surface area (Å²) in [6, 6.07) is 10.3. The van der Waals surface area contributed by atoms with Gasteiger partial charge in [0.05, 0.1) is 12.2 Å². The number of para-hydroxylation sites is 1. The maximum Gasteiger partial charge on any atom is 0.240 e. The summed E-state index contributed by atoms with van der Waals surface area (Å²) >= 11 is 0. The lowest BCUT2D eigenvalue weighted by molar-refractivity contribution is -0.117. The molecule has 0 saturated heterocycles. The van der Waals surface area contributed by atoms with Gasteiger partial charge in [0, 0.05) is 6.04 Å². The number of hydrogen-bond acceptors (Lipinski definition) is 4. The molecule has 0 spiro atoms. The van der Waals surface area contributed by atoms with E-state index in [4.69, 9.17) is 0 Å². The van der Waals surface area contributed by atoms with Crippen LogP contribution in [0.3, 0.4) is 0 Å². The molecule has 1 heterocycles. The third-order valence-corrected chi connectivity index (χ3v) is 3.65. The van der Waals surface area contributed by atoms with Crippen molar-refractivity contribution in [1.82, 2.24) is 19.7 Å². The second-order valence-electron chi connectivity index (χ2n) is 5.20. The van der Waals surface area contributed by atoms with Crippen molar-refractivity contribution in [1.29, 1.82) is 0 Å². The lowest BCUT2D eigenvalue weighted by atomic mass is 10.3. The van der Waals surface area contributed by atoms with Crippen molar-refractivity contribution >= 4 is 11.9 Å². The molecule has 1 aromatic heterocycles. The molecule has 0 radical (unpaired) electrons. The quantitative estimate of drug-likeness (QED) is 0.877. The van der Waals surface area contributed by atoms with Crippen LogP contribution in [0.4, 0.5) is 5.95 Å². The van der Waals surface area contributed by atoms with Crippen LogP contribution in [-0.4, -0.2) is 44.7 Å². The van der Waals surface area contributed by atoms with Crippen LogP contribution in [0.15, 0.2) is 36.7 Å². The van der Waals surface area contributed by atoms with Crippen molar-refractivity contribution in [3.63, 3.8) is 0 Å². The molecule has 0 aliphatic heterocycles. The van der Waals surface area contributed by atoms with Gasteiger partial charge in [0.1, 0.15) is 6.33 Å². The first-order chi connectivity index (χ1) is 10.3. The van der Waals surface area contributed by atoms with E-state index in [2.05, 4.69) is 27.3 Å². The SMILES string of the molecule is CCN(CC(=O)Nc1nncn1-c1ccccc1)C1CC1. The van der Waals surface area contributed by atoms with Crippen molar-refractivity contribution < 1.29 is 4.79 Å². The monoisotopic (exact) mass is 285 g/mol. The normalized spacial score (nSPS) is 14.4. The highest BCUT2D eigenvalue weighted by atomic mass is 16.2. The second-order valence-corrected chi connectivity index (χ2v) is 5.20. The van der Waals surface area contributed by atoms with Gasteiger partial charge in [0.2, 0.25) is 11.9 Å². The number of amides is 1. The second kappa shape index (κ2) is 6.05. The smallest absolute Gasteiger partial charge is 0.240 e. The number of likely N-dealkylation sites (N-methyl/N-ethyl adjacent to an activating group) is 1. The summed E-state index contributed by atoms with van der Waals surface area (Å²) in [7, 11) is 0. The van der Waals surface area contributed by atoms with E-state index in [0.29, 0.717) is 18.5 Å². The number of nitrogens with one attached hydrogen (secondary N) is 1. The molecule has 21 heavy (non-hydrogen) atoms. The number of anilines is 1. The Balaban J connectivity index is 1.68. The number of benzene rings is 1. The van der Waals surface area contributed by atoms with Crippen molar-refractivity contribution in [2.45, 2.75) is 25.8 Å². The van der Waals surface area contributed by atoms with Crippen LogP contribution in [0, 0.1) is 0 Å². The highest BCUT2D eigenvalue weighted by Gasteiger charge is 2.29. The molecule has 110 valence electrons. The van der Waals surface area contributed by atoms with Gasteiger partial charge in [-0.05, 0) is 31.5 Å². The van der Waals surface area contributed by atoms with Crippen LogP contribution in [0.25, 0.3) is 5.69 Å². The van der Waals surface area contributed by atoms with E-state index in [0.717, 1.165) is 12.2 Å². The molecule has 1 N–H and O–H groups in total. The Bertz CT molecular complexity index is 606. The van der Waals surface area contributed by atoms with Gasteiger partial charge in [-0.2, -0.15) is 0 Å². The maximum atomic E-state index is 12.2. The average Bonchev–Trinajstić information content (AvgIpc) is 3.25. The first-order valence-corrected chi connectivity index (χ1v) is 7.27. The topological polar surface area (TPSA) is 63.1 Å². The third-order valence-electron chi connectivity index (χ3n) is 3.65. The molecule has 1 aromatic carbocycles. The summed E-state index contributed by atoms with van der Waals surface area (Å²) in [6.07, 6.45) is 3.99. The van der Waals surface area contributed by atoms with Crippen LogP contribution in [0.1, 0.15) is 19.8 Å². The average molecular weight is 285 g/mol. The summed E-state index contributed by atoms with van der Waals surface area (Å²) < 4.78 is 1.77. The first-order valence-electron chi connectivity index (χ1n) is 7.27. The van der Waals surface area contributed by atoms with Gasteiger partial charge in [-0.3, -0.25) is 19.6 Å². The molecule has 6 heteroatoms. The van der Waals surface area contributed by atoms with Crippen LogP contribution in [0.2, 0.25) is 0 Å². The van der Waals surface area contributed by atoms with Gasteiger partial charge in [-0.25, -0.2) is 0 Å². The molecular formula is C15H19N5O. The van der Waals surface area contributed by atoms with E-state index in [9.17, 15) is 4.79 Å². The minimum Gasteiger partial charge on any atom is -0.293 e. The molecule has 0 unspecified atom stereocenters. The molecule has 2 aromatic rings. The predicted molar refractivity (Wildman–Crippen MR) is 80.3 cm³/mol. The Morgan fingerprint density at radius 2 is 2.14 bits per heavy atom. The highest BCUT2D eigenvalue weighted by molar-refractivity contribution is 5.90. The largest absolute Gasteiger partial charge is 0.293 e. The van der Waals surface area contributed by atoms with Gasteiger partial charge in [0.15, 0.2) is 0 Å². The summed E-state index contributed by atoms with van der Waals surface area (Å²) in [6.45, 7) is 3.38. The van der Waals surface area contributed by atoms with Crippen LogP contribution in [0.5, 0.6) is 0 Å². The van der Waals surface area contributed by atoms with Crippen LogP contribution in [-0.2, 0) is 4.79 Å². The minimum absolute atomic E-state index is 0.0473. The lowest BCUT2D eigenvalue weighted by Crippen LogP contribution is -2.35. The molecule has 3 rings (SSSR count). The third kappa shape index (κ3) is 3.28. The van der Waals surface area contributed by atoms with Gasteiger partial charge in [-0.15, -0.1) is 10.2 Å². The Kier molecular flexibility index (Phi) is 3.96. The van der Waals surface area contributed by atoms with E-state index >= 15 is 0 Å². The summed E-state index contributed by atoms with van der Waals surface area (Å²) in [5, 5.41) is 10.7. The summed E-state index contributed by atoms with van der Waals surface area (Å²) in [5.41, 5.74) is 0.923. The fourth-order valence-corrected chi connectivity index (χ4v) is 2.39. The molecule has 1 aliphatic rings. The molecule has 1 fully saturated rings. The Morgan fingerprint density at radius 3 is 2.81 bits per heavy atom. The number of hydrogen-bond donors (Lipinski definition) is 1. The standard InChI is InChI=1S/C15H19N5O/c1-2-19(12-8-9-12)10-14(21)17-15-18-16-11-20(15)13-6-4-3-5-7-13/h3-7,11-12H,2,8-10H2,1H3,(H,17,18,21). The van der Waals surface area contributed by atoms with Gasteiger partial charge < -0.3 is 0 Å². The van der Waals surface area contributed by atoms with Crippen molar-refractivity contribution in [3.05, 3.63) is 36.7 Å². The fraction of sp³-hybridized carbons (Fsp3) is 0.400. The number of carbonyl (C=O) groups excluding carboxylic acids is 1. The van der Waals surface area contributed by atoms with Crippen molar-refractivity contribution in [3.8, 4) is 5.69 Å². The predicted octanol–water partition coefficient (Wildman–Crippen LogP) is 1.69. The van der Waals surface area contributed by atoms with Gasteiger partial charge in [-0.1, -0.05) is 25.1 Å². The zero-order valence-electron chi connectivity index (χ0n) is 12.1. The van der Waals surface area contributed by atoms with E-state index in [1.54, 1.807) is 10.9 Å². The summed E-state index contributed by atoms with van der Waals surface area (Å²) in [5.74, 6) is 0.409. The summed E-state index contributed by atoms with van der Waals surface area (Å²) in [4.78, 5) is 14.4. The molecule has 6 nitrogen and oxygen atoms in total. The zero-order chi connectivity index (χ0) is 14.7. The minimum atomic E-state index is -0.0473. The van der Waals surface area contributed by atoms with Crippen LogP contribution >= 0.6 is 0 Å². The van der Waals surface area contributed by atoms with E-state index in [-0.39, 0.29) is 5.91 Å².